The topological polar surface area (TPSA) is 47.6 Å². The van der Waals surface area contributed by atoms with Gasteiger partial charge in [0, 0.05) is 5.92 Å². The number of alkyl carbamates (subject to hydrolysis) is 1. The minimum atomic E-state index is -0.465. The van der Waals surface area contributed by atoms with Crippen LogP contribution in [0.1, 0.15) is 20.8 Å². The summed E-state index contributed by atoms with van der Waals surface area (Å²) in [6.07, 6.45) is 1.40. The minimum Gasteiger partial charge on any atom is -0.444 e. The fraction of sp³-hybridized carbons (Fsp3) is 0.727. The highest BCUT2D eigenvalue weighted by Gasteiger charge is 2.28. The van der Waals surface area contributed by atoms with E-state index in [2.05, 4.69) is 11.9 Å². The molecule has 0 aromatic carbocycles. The number of carbonyl (C=O) groups is 1. The lowest BCUT2D eigenvalue weighted by Gasteiger charge is -2.22. The number of carbonyl (C=O) groups excluding carboxylic acids is 1. The molecule has 0 radical (unpaired) electrons. The van der Waals surface area contributed by atoms with Crippen molar-refractivity contribution in [3.05, 3.63) is 12.7 Å². The number of nitrogens with one attached hydrogen (secondary N) is 1. The van der Waals surface area contributed by atoms with Gasteiger partial charge in [0.25, 0.3) is 0 Å². The molecule has 0 bridgehead atoms. The summed E-state index contributed by atoms with van der Waals surface area (Å²) in [5, 5.41) is 2.78. The van der Waals surface area contributed by atoms with E-state index in [1.165, 1.54) is 0 Å². The molecule has 1 aliphatic rings. The lowest BCUT2D eigenvalue weighted by molar-refractivity contribution is 0.0494. The van der Waals surface area contributed by atoms with E-state index in [1.807, 2.05) is 20.8 Å². The Morgan fingerprint density at radius 3 is 2.73 bits per heavy atom. The maximum Gasteiger partial charge on any atom is 0.407 e. The van der Waals surface area contributed by atoms with Gasteiger partial charge in [-0.3, -0.25) is 0 Å². The van der Waals surface area contributed by atoms with Crippen LogP contribution in [0, 0.1) is 5.92 Å². The van der Waals surface area contributed by atoms with Gasteiger partial charge in [0.2, 0.25) is 0 Å². The molecule has 4 heteroatoms. The summed E-state index contributed by atoms with van der Waals surface area (Å²) in [4.78, 5) is 11.5. The molecule has 0 aliphatic carbocycles. The molecule has 1 amide bonds. The average Bonchev–Trinajstić information content (AvgIpc) is 2.48. The highest BCUT2D eigenvalue weighted by atomic mass is 16.6. The first-order valence-corrected chi connectivity index (χ1v) is 5.12. The zero-order valence-corrected chi connectivity index (χ0v) is 9.58. The summed E-state index contributed by atoms with van der Waals surface area (Å²) in [6.45, 7) is 10.3. The first-order valence-electron chi connectivity index (χ1n) is 5.12. The summed E-state index contributed by atoms with van der Waals surface area (Å²) in [7, 11) is 0. The fourth-order valence-electron chi connectivity index (χ4n) is 1.41. The van der Waals surface area contributed by atoms with Gasteiger partial charge in [0.1, 0.15) is 5.60 Å². The van der Waals surface area contributed by atoms with Gasteiger partial charge in [0.05, 0.1) is 19.3 Å². The Morgan fingerprint density at radius 1 is 1.53 bits per heavy atom. The SMILES string of the molecule is C=C[C@H]1COC[C@@H]1NC(=O)OC(C)(C)C. The van der Waals surface area contributed by atoms with Crippen LogP contribution in [0.15, 0.2) is 12.7 Å². The maximum absolute atomic E-state index is 11.5. The van der Waals surface area contributed by atoms with Crippen molar-refractivity contribution < 1.29 is 14.3 Å². The van der Waals surface area contributed by atoms with Gasteiger partial charge < -0.3 is 14.8 Å². The van der Waals surface area contributed by atoms with Crippen LogP contribution in [-0.2, 0) is 9.47 Å². The van der Waals surface area contributed by atoms with Gasteiger partial charge in [-0.05, 0) is 20.8 Å². The van der Waals surface area contributed by atoms with Gasteiger partial charge in [-0.1, -0.05) is 6.08 Å². The Kier molecular flexibility index (Phi) is 3.74. The molecule has 86 valence electrons. The van der Waals surface area contributed by atoms with Gasteiger partial charge in [-0.25, -0.2) is 4.79 Å². The van der Waals surface area contributed by atoms with Crippen molar-refractivity contribution in [3.63, 3.8) is 0 Å². The molecular weight excluding hydrogens is 194 g/mol. The van der Waals surface area contributed by atoms with Gasteiger partial charge in [0.15, 0.2) is 0 Å². The van der Waals surface area contributed by atoms with Crippen LogP contribution >= 0.6 is 0 Å². The van der Waals surface area contributed by atoms with E-state index < -0.39 is 11.7 Å². The molecule has 4 nitrogen and oxygen atoms in total. The molecule has 2 atom stereocenters. The Labute approximate surface area is 90.6 Å². The van der Waals surface area contributed by atoms with E-state index >= 15 is 0 Å². The van der Waals surface area contributed by atoms with E-state index in [0.29, 0.717) is 13.2 Å². The van der Waals surface area contributed by atoms with Crippen LogP contribution in [0.2, 0.25) is 0 Å². The predicted octanol–water partition coefficient (Wildman–Crippen LogP) is 1.71. The molecule has 1 fully saturated rings. The Bertz CT molecular complexity index is 245. The Balaban J connectivity index is 2.41. The van der Waals surface area contributed by atoms with E-state index in [9.17, 15) is 4.79 Å². The number of rotatable bonds is 2. The van der Waals surface area contributed by atoms with Crippen molar-refractivity contribution in [3.8, 4) is 0 Å². The van der Waals surface area contributed by atoms with E-state index in [4.69, 9.17) is 9.47 Å². The van der Waals surface area contributed by atoms with Crippen molar-refractivity contribution in [1.82, 2.24) is 5.32 Å². The highest BCUT2D eigenvalue weighted by molar-refractivity contribution is 5.68. The molecule has 15 heavy (non-hydrogen) atoms. The Hall–Kier alpha value is -1.03. The molecule has 1 aliphatic heterocycles. The number of hydrogen-bond acceptors (Lipinski definition) is 3. The third kappa shape index (κ3) is 3.91. The fourth-order valence-corrected chi connectivity index (χ4v) is 1.41. The average molecular weight is 213 g/mol. The number of ether oxygens (including phenoxy) is 2. The van der Waals surface area contributed by atoms with Crippen LogP contribution in [0.5, 0.6) is 0 Å². The van der Waals surface area contributed by atoms with Crippen molar-refractivity contribution in [2.24, 2.45) is 5.92 Å². The molecule has 0 aromatic rings. The highest BCUT2D eigenvalue weighted by Crippen LogP contribution is 2.15. The molecule has 1 saturated heterocycles. The molecule has 1 rings (SSSR count). The second kappa shape index (κ2) is 4.66. The second-order valence-electron chi connectivity index (χ2n) is 4.69. The van der Waals surface area contributed by atoms with E-state index in [1.54, 1.807) is 6.08 Å². The summed E-state index contributed by atoms with van der Waals surface area (Å²) in [5.74, 6) is 0.178. The van der Waals surface area contributed by atoms with Crippen molar-refractivity contribution in [2.75, 3.05) is 13.2 Å². The third-order valence-electron chi connectivity index (χ3n) is 2.13. The van der Waals surface area contributed by atoms with E-state index in [-0.39, 0.29) is 12.0 Å². The Morgan fingerprint density at radius 2 is 2.20 bits per heavy atom. The number of hydrogen-bond donors (Lipinski definition) is 1. The summed E-state index contributed by atoms with van der Waals surface area (Å²) in [5.41, 5.74) is -0.465. The summed E-state index contributed by atoms with van der Waals surface area (Å²) >= 11 is 0. The second-order valence-corrected chi connectivity index (χ2v) is 4.69. The normalized spacial score (nSPS) is 26.1. The van der Waals surface area contributed by atoms with Gasteiger partial charge in [-0.15, -0.1) is 6.58 Å². The maximum atomic E-state index is 11.5. The van der Waals surface area contributed by atoms with Crippen LogP contribution in [0.4, 0.5) is 4.79 Å². The molecule has 0 spiro atoms. The molecule has 1 heterocycles. The standard InChI is InChI=1S/C11H19NO3/c1-5-8-6-14-7-9(8)12-10(13)15-11(2,3)4/h5,8-9H,1,6-7H2,2-4H3,(H,12,13)/t8-,9-/m0/s1. The summed E-state index contributed by atoms with van der Waals surface area (Å²) in [6, 6.07) is -0.0163. The van der Waals surface area contributed by atoms with Crippen LogP contribution in [0.3, 0.4) is 0 Å². The smallest absolute Gasteiger partial charge is 0.407 e. The quantitative estimate of drug-likeness (QED) is 0.710. The zero-order valence-electron chi connectivity index (χ0n) is 9.58. The van der Waals surface area contributed by atoms with Crippen LogP contribution in [0.25, 0.3) is 0 Å². The molecule has 1 N–H and O–H groups in total. The summed E-state index contributed by atoms with van der Waals surface area (Å²) < 4.78 is 10.4. The lowest BCUT2D eigenvalue weighted by Crippen LogP contribution is -2.42. The predicted molar refractivity (Wildman–Crippen MR) is 57.7 cm³/mol. The molecule has 0 unspecified atom stereocenters. The first kappa shape index (κ1) is 12.0. The molecule has 0 saturated carbocycles. The molecule has 0 aromatic heterocycles. The first-order chi connectivity index (χ1) is 6.92. The number of amides is 1. The lowest BCUT2D eigenvalue weighted by atomic mass is 10.0. The van der Waals surface area contributed by atoms with Crippen LogP contribution in [-0.4, -0.2) is 30.9 Å². The van der Waals surface area contributed by atoms with Gasteiger partial charge >= 0.3 is 6.09 Å². The molecular formula is C11H19NO3. The third-order valence-corrected chi connectivity index (χ3v) is 2.13. The monoisotopic (exact) mass is 213 g/mol. The zero-order chi connectivity index (χ0) is 11.5. The van der Waals surface area contributed by atoms with Crippen molar-refractivity contribution in [2.45, 2.75) is 32.4 Å². The van der Waals surface area contributed by atoms with Crippen LogP contribution < -0.4 is 5.32 Å². The van der Waals surface area contributed by atoms with Crippen molar-refractivity contribution >= 4 is 6.09 Å². The van der Waals surface area contributed by atoms with E-state index in [0.717, 1.165) is 0 Å². The minimum absolute atomic E-state index is 0.0163. The van der Waals surface area contributed by atoms with Crippen molar-refractivity contribution in [1.29, 1.82) is 0 Å². The van der Waals surface area contributed by atoms with Gasteiger partial charge in [-0.2, -0.15) is 0 Å². The largest absolute Gasteiger partial charge is 0.444 e.